The second-order valence-corrected chi connectivity index (χ2v) is 5.85. The minimum absolute atomic E-state index is 0.137. The molecule has 4 rings (SSSR count). The van der Waals surface area contributed by atoms with Gasteiger partial charge in [0, 0.05) is 24.4 Å². The third-order valence-electron chi connectivity index (χ3n) is 3.84. The maximum absolute atomic E-state index is 13.3. The van der Waals surface area contributed by atoms with Gasteiger partial charge in [-0.2, -0.15) is 4.98 Å². The first kappa shape index (κ1) is 16.3. The molecule has 0 aromatic carbocycles. The Hall–Kier alpha value is -3.18. The third kappa shape index (κ3) is 3.58. The minimum atomic E-state index is -2.76. The quantitative estimate of drug-likeness (QED) is 0.714. The fourth-order valence-corrected chi connectivity index (χ4v) is 2.54. The lowest BCUT2D eigenvalue weighted by Crippen LogP contribution is -2.19. The largest absolute Gasteiger partial charge is 0.337 e. The Morgan fingerprint density at radius 3 is 2.77 bits per heavy atom. The topological polar surface area (TPSA) is 76.7 Å². The maximum atomic E-state index is 13.3. The van der Waals surface area contributed by atoms with Gasteiger partial charge in [0.2, 0.25) is 11.7 Å². The van der Waals surface area contributed by atoms with Crippen molar-refractivity contribution in [3.8, 4) is 23.4 Å². The summed E-state index contributed by atoms with van der Waals surface area (Å²) < 4.78 is 31.6. The molecular weight excluding hydrogens is 340 g/mol. The molecule has 1 fully saturated rings. The van der Waals surface area contributed by atoms with E-state index in [2.05, 4.69) is 37.3 Å². The number of alkyl halides is 2. The van der Waals surface area contributed by atoms with Crippen molar-refractivity contribution in [2.24, 2.45) is 0 Å². The van der Waals surface area contributed by atoms with Gasteiger partial charge in [0.1, 0.15) is 11.4 Å². The van der Waals surface area contributed by atoms with Gasteiger partial charge in [-0.3, -0.25) is 10.3 Å². The fraction of sp³-hybridized carbons (Fsp3) is 0.222. The van der Waals surface area contributed by atoms with Gasteiger partial charge in [0.05, 0.1) is 12.6 Å². The van der Waals surface area contributed by atoms with Crippen LogP contribution >= 0.6 is 0 Å². The number of aromatic nitrogens is 4. The predicted molar refractivity (Wildman–Crippen MR) is 88.1 cm³/mol. The molecule has 0 unspecified atom stereocenters. The van der Waals surface area contributed by atoms with Crippen LogP contribution in [0.2, 0.25) is 0 Å². The molecule has 0 saturated carbocycles. The van der Waals surface area contributed by atoms with Crippen molar-refractivity contribution in [3.05, 3.63) is 59.9 Å². The molecule has 3 aromatic rings. The van der Waals surface area contributed by atoms with Crippen LogP contribution in [0.4, 0.5) is 8.78 Å². The summed E-state index contributed by atoms with van der Waals surface area (Å²) in [5.41, 5.74) is 1.86. The van der Waals surface area contributed by atoms with Crippen LogP contribution in [-0.2, 0) is 0 Å². The highest BCUT2D eigenvalue weighted by molar-refractivity contribution is 5.50. The van der Waals surface area contributed by atoms with Gasteiger partial charge >= 0.3 is 0 Å². The number of nitrogens with one attached hydrogen (secondary N) is 1. The van der Waals surface area contributed by atoms with E-state index in [1.165, 1.54) is 0 Å². The zero-order valence-corrected chi connectivity index (χ0v) is 13.5. The van der Waals surface area contributed by atoms with E-state index >= 15 is 0 Å². The van der Waals surface area contributed by atoms with Crippen LogP contribution in [-0.4, -0.2) is 32.6 Å². The molecule has 0 bridgehead atoms. The highest BCUT2D eigenvalue weighted by Crippen LogP contribution is 2.33. The smallest absolute Gasteiger partial charge is 0.262 e. The monoisotopic (exact) mass is 353 g/mol. The Kier molecular flexibility index (Phi) is 4.14. The standard InChI is InChI=1S/C18H13F2N5O/c19-18(20)9-15(23-11-18)17-24-16(25-26-17)14-7-5-12(10-22-14)4-6-13-3-1-2-8-21-13/h1-3,5,7-8,10,15,23H,9,11H2/t15-/m1/s1. The molecule has 4 heterocycles. The lowest BCUT2D eigenvalue weighted by atomic mass is 10.2. The molecule has 0 aliphatic carbocycles. The number of pyridine rings is 2. The van der Waals surface area contributed by atoms with Crippen LogP contribution in [0, 0.1) is 11.8 Å². The molecule has 1 aliphatic rings. The average Bonchev–Trinajstić information content (AvgIpc) is 3.28. The van der Waals surface area contributed by atoms with Crippen molar-refractivity contribution >= 4 is 0 Å². The lowest BCUT2D eigenvalue weighted by Gasteiger charge is -2.04. The van der Waals surface area contributed by atoms with Crippen LogP contribution in [0.3, 0.4) is 0 Å². The Balaban J connectivity index is 1.49. The molecule has 130 valence electrons. The lowest BCUT2D eigenvalue weighted by molar-refractivity contribution is 0.0200. The summed E-state index contributed by atoms with van der Waals surface area (Å²) in [6.07, 6.45) is 2.90. The average molecular weight is 353 g/mol. The molecule has 26 heavy (non-hydrogen) atoms. The molecule has 1 N–H and O–H groups in total. The van der Waals surface area contributed by atoms with Gasteiger partial charge in [-0.25, -0.2) is 13.8 Å². The molecule has 6 nitrogen and oxygen atoms in total. The summed E-state index contributed by atoms with van der Waals surface area (Å²) in [5, 5.41) is 6.50. The van der Waals surface area contributed by atoms with Gasteiger partial charge in [-0.05, 0) is 30.2 Å². The highest BCUT2D eigenvalue weighted by atomic mass is 19.3. The number of hydrogen-bond acceptors (Lipinski definition) is 6. The van der Waals surface area contributed by atoms with Crippen molar-refractivity contribution in [2.75, 3.05) is 6.54 Å². The molecule has 8 heteroatoms. The molecule has 1 aliphatic heterocycles. The number of nitrogens with zero attached hydrogens (tertiary/aromatic N) is 4. The predicted octanol–water partition coefficient (Wildman–Crippen LogP) is 2.60. The first-order valence-electron chi connectivity index (χ1n) is 7.93. The Bertz CT molecular complexity index is 960. The van der Waals surface area contributed by atoms with E-state index in [4.69, 9.17) is 4.52 Å². The van der Waals surface area contributed by atoms with Crippen molar-refractivity contribution < 1.29 is 13.3 Å². The molecule has 0 radical (unpaired) electrons. The third-order valence-corrected chi connectivity index (χ3v) is 3.84. The van der Waals surface area contributed by atoms with Crippen LogP contribution < -0.4 is 5.32 Å². The summed E-state index contributed by atoms with van der Waals surface area (Å²) in [6, 6.07) is 8.33. The second-order valence-electron chi connectivity index (χ2n) is 5.85. The molecule has 0 spiro atoms. The summed E-state index contributed by atoms with van der Waals surface area (Å²) in [7, 11) is 0. The molecular formula is C18H13F2N5O. The molecule has 0 amide bonds. The van der Waals surface area contributed by atoms with Crippen LogP contribution in [0.1, 0.15) is 29.6 Å². The van der Waals surface area contributed by atoms with Crippen LogP contribution in [0.5, 0.6) is 0 Å². The van der Waals surface area contributed by atoms with E-state index < -0.39 is 18.5 Å². The van der Waals surface area contributed by atoms with Gasteiger partial charge in [-0.1, -0.05) is 17.1 Å². The summed E-state index contributed by atoms with van der Waals surface area (Å²) in [4.78, 5) is 12.5. The molecule has 3 aromatic heterocycles. The minimum Gasteiger partial charge on any atom is -0.337 e. The zero-order chi connectivity index (χ0) is 18.0. The van der Waals surface area contributed by atoms with Crippen molar-refractivity contribution in [1.82, 2.24) is 25.4 Å². The summed E-state index contributed by atoms with van der Waals surface area (Å²) >= 11 is 0. The van der Waals surface area contributed by atoms with E-state index in [9.17, 15) is 8.78 Å². The second kappa shape index (κ2) is 6.61. The van der Waals surface area contributed by atoms with Crippen LogP contribution in [0.25, 0.3) is 11.5 Å². The Morgan fingerprint density at radius 2 is 2.08 bits per heavy atom. The van der Waals surface area contributed by atoms with Crippen LogP contribution in [0.15, 0.2) is 47.2 Å². The number of hydrogen-bond donors (Lipinski definition) is 1. The first-order chi connectivity index (χ1) is 12.6. The van der Waals surface area contributed by atoms with Crippen molar-refractivity contribution in [3.63, 3.8) is 0 Å². The maximum Gasteiger partial charge on any atom is 0.262 e. The Labute approximate surface area is 147 Å². The highest BCUT2D eigenvalue weighted by Gasteiger charge is 2.42. The SMILES string of the molecule is FC1(F)CN[C@@H](c2nc(-c3ccc(C#Cc4ccccn4)cn3)no2)C1. The van der Waals surface area contributed by atoms with E-state index in [0.717, 1.165) is 0 Å². The summed E-state index contributed by atoms with van der Waals surface area (Å²) in [5.74, 6) is 3.53. The van der Waals surface area contributed by atoms with Crippen molar-refractivity contribution in [1.29, 1.82) is 0 Å². The fourth-order valence-electron chi connectivity index (χ4n) is 2.54. The van der Waals surface area contributed by atoms with Gasteiger partial charge in [0.25, 0.3) is 5.92 Å². The summed E-state index contributed by atoms with van der Waals surface area (Å²) in [6.45, 7) is -0.392. The molecule has 1 saturated heterocycles. The van der Waals surface area contributed by atoms with E-state index in [-0.39, 0.29) is 18.1 Å². The van der Waals surface area contributed by atoms with E-state index in [1.54, 1.807) is 24.5 Å². The van der Waals surface area contributed by atoms with E-state index in [0.29, 0.717) is 17.0 Å². The van der Waals surface area contributed by atoms with Gasteiger partial charge in [0.15, 0.2) is 0 Å². The molecule has 1 atom stereocenters. The Morgan fingerprint density at radius 1 is 1.15 bits per heavy atom. The number of rotatable bonds is 2. The van der Waals surface area contributed by atoms with Gasteiger partial charge < -0.3 is 4.52 Å². The normalized spacial score (nSPS) is 18.3. The first-order valence-corrected chi connectivity index (χ1v) is 7.93. The number of halogens is 2. The zero-order valence-electron chi connectivity index (χ0n) is 13.5. The van der Waals surface area contributed by atoms with Gasteiger partial charge in [-0.15, -0.1) is 0 Å². The van der Waals surface area contributed by atoms with Crippen molar-refractivity contribution in [2.45, 2.75) is 18.4 Å². The van der Waals surface area contributed by atoms with E-state index in [1.807, 2.05) is 18.2 Å².